The Kier molecular flexibility index (Phi) is 3.08. The minimum absolute atomic E-state index is 0.0355. The molecule has 0 atom stereocenters. The maximum atomic E-state index is 13.3. The number of hydrogen-bond donors (Lipinski definition) is 1. The van der Waals surface area contributed by atoms with E-state index in [9.17, 15) is 14.0 Å². The van der Waals surface area contributed by atoms with Crippen LogP contribution in [0.2, 0.25) is 0 Å². The third kappa shape index (κ3) is 2.68. The molecular weight excluding hydrogens is 187 g/mol. The van der Waals surface area contributed by atoms with Crippen LogP contribution in [-0.2, 0) is 9.59 Å². The number of carbonyl (C=O) groups is 2. The summed E-state index contributed by atoms with van der Waals surface area (Å²) < 4.78 is 13.3. The summed E-state index contributed by atoms with van der Waals surface area (Å²) in [5, 5.41) is 2.63. The minimum atomic E-state index is -1.90. The van der Waals surface area contributed by atoms with Crippen molar-refractivity contribution in [1.82, 2.24) is 10.2 Å². The first kappa shape index (κ1) is 10.9. The van der Waals surface area contributed by atoms with Crippen LogP contribution in [0.15, 0.2) is 0 Å². The second-order valence-electron chi connectivity index (χ2n) is 3.90. The van der Waals surface area contributed by atoms with E-state index in [2.05, 4.69) is 5.32 Å². The van der Waals surface area contributed by atoms with Crippen LogP contribution in [0.25, 0.3) is 0 Å². The van der Waals surface area contributed by atoms with E-state index in [0.29, 0.717) is 19.5 Å². The van der Waals surface area contributed by atoms with Gasteiger partial charge < -0.3 is 10.2 Å². The monoisotopic (exact) mass is 202 g/mol. The van der Waals surface area contributed by atoms with E-state index < -0.39 is 11.6 Å². The Labute approximate surface area is 82.5 Å². The quantitative estimate of drug-likeness (QED) is 0.654. The lowest BCUT2D eigenvalue weighted by molar-refractivity contribution is -0.144. The van der Waals surface area contributed by atoms with Gasteiger partial charge >= 0.3 is 0 Å². The fraction of sp³-hybridized carbons (Fsp3) is 0.778. The number of alkyl halides is 1. The number of amides is 2. The molecule has 1 heterocycles. The van der Waals surface area contributed by atoms with Gasteiger partial charge in [-0.25, -0.2) is 4.39 Å². The van der Waals surface area contributed by atoms with Crippen molar-refractivity contribution in [3.8, 4) is 0 Å². The lowest BCUT2D eigenvalue weighted by atomic mass is 10.1. The van der Waals surface area contributed by atoms with Crippen LogP contribution in [0, 0.1) is 0 Å². The standard InChI is InChI=1S/C9H15FN2O2/c1-9(2,10)8(14)12-5-3-4-11-7(13)6-12/h3-6H2,1-2H3,(H,11,13). The van der Waals surface area contributed by atoms with E-state index in [1.54, 1.807) is 0 Å². The van der Waals surface area contributed by atoms with Crippen LogP contribution in [0.5, 0.6) is 0 Å². The third-order valence-corrected chi connectivity index (χ3v) is 2.06. The molecule has 80 valence electrons. The summed E-state index contributed by atoms with van der Waals surface area (Å²) >= 11 is 0. The van der Waals surface area contributed by atoms with Crippen molar-refractivity contribution in [3.63, 3.8) is 0 Å². The average Bonchev–Trinajstić information content (AvgIpc) is 2.26. The molecule has 1 N–H and O–H groups in total. The van der Waals surface area contributed by atoms with E-state index in [1.807, 2.05) is 0 Å². The van der Waals surface area contributed by atoms with Gasteiger partial charge in [0, 0.05) is 13.1 Å². The molecule has 0 unspecified atom stereocenters. The lowest BCUT2D eigenvalue weighted by Gasteiger charge is -2.24. The highest BCUT2D eigenvalue weighted by Crippen LogP contribution is 2.13. The molecule has 0 aromatic carbocycles. The smallest absolute Gasteiger partial charge is 0.260 e. The molecule has 0 spiro atoms. The fourth-order valence-electron chi connectivity index (χ4n) is 1.36. The summed E-state index contributed by atoms with van der Waals surface area (Å²) in [5.74, 6) is -0.838. The second kappa shape index (κ2) is 3.94. The van der Waals surface area contributed by atoms with Gasteiger partial charge in [0.1, 0.15) is 0 Å². The van der Waals surface area contributed by atoms with Crippen molar-refractivity contribution >= 4 is 11.8 Å². The number of nitrogens with zero attached hydrogens (tertiary/aromatic N) is 1. The van der Waals surface area contributed by atoms with Crippen LogP contribution in [0.3, 0.4) is 0 Å². The highest BCUT2D eigenvalue weighted by molar-refractivity contribution is 5.89. The SMILES string of the molecule is CC(C)(F)C(=O)N1CCCNC(=O)C1. The molecule has 1 aliphatic rings. The van der Waals surface area contributed by atoms with E-state index in [-0.39, 0.29) is 12.5 Å². The van der Waals surface area contributed by atoms with Gasteiger partial charge in [-0.1, -0.05) is 0 Å². The predicted octanol–water partition coefficient (Wildman–Crippen LogP) is 0.0830. The summed E-state index contributed by atoms with van der Waals surface area (Å²) in [6.07, 6.45) is 0.674. The Morgan fingerprint density at radius 1 is 1.57 bits per heavy atom. The zero-order valence-electron chi connectivity index (χ0n) is 8.47. The van der Waals surface area contributed by atoms with E-state index in [1.165, 1.54) is 18.7 Å². The zero-order valence-corrected chi connectivity index (χ0v) is 8.47. The molecular formula is C9H15FN2O2. The molecule has 1 fully saturated rings. The molecule has 4 nitrogen and oxygen atoms in total. The number of rotatable bonds is 1. The van der Waals surface area contributed by atoms with Crippen molar-refractivity contribution in [2.24, 2.45) is 0 Å². The minimum Gasteiger partial charge on any atom is -0.354 e. The van der Waals surface area contributed by atoms with Gasteiger partial charge in [-0.2, -0.15) is 0 Å². The number of halogens is 1. The number of carbonyl (C=O) groups excluding carboxylic acids is 2. The van der Waals surface area contributed by atoms with Gasteiger partial charge in [-0.05, 0) is 20.3 Å². The van der Waals surface area contributed by atoms with Crippen LogP contribution < -0.4 is 5.32 Å². The molecule has 0 aliphatic carbocycles. The van der Waals surface area contributed by atoms with Gasteiger partial charge in [-0.3, -0.25) is 9.59 Å². The molecule has 14 heavy (non-hydrogen) atoms. The first-order chi connectivity index (χ1) is 6.41. The van der Waals surface area contributed by atoms with Gasteiger partial charge in [0.15, 0.2) is 5.67 Å². The number of nitrogens with one attached hydrogen (secondary N) is 1. The summed E-state index contributed by atoms with van der Waals surface area (Å²) in [6, 6.07) is 0. The molecule has 2 amide bonds. The highest BCUT2D eigenvalue weighted by atomic mass is 19.1. The van der Waals surface area contributed by atoms with Gasteiger partial charge in [0.25, 0.3) is 5.91 Å². The molecule has 1 rings (SSSR count). The maximum Gasteiger partial charge on any atom is 0.260 e. The first-order valence-electron chi connectivity index (χ1n) is 4.66. The van der Waals surface area contributed by atoms with E-state index >= 15 is 0 Å². The molecule has 5 heteroatoms. The summed E-state index contributed by atoms with van der Waals surface area (Å²) in [5.41, 5.74) is -1.90. The Hall–Kier alpha value is -1.13. The normalized spacial score (nSPS) is 18.8. The Morgan fingerprint density at radius 3 is 2.79 bits per heavy atom. The second-order valence-corrected chi connectivity index (χ2v) is 3.90. The molecule has 1 aliphatic heterocycles. The molecule has 0 aromatic rings. The van der Waals surface area contributed by atoms with E-state index in [4.69, 9.17) is 0 Å². The van der Waals surface area contributed by atoms with E-state index in [0.717, 1.165) is 0 Å². The summed E-state index contributed by atoms with van der Waals surface area (Å²) in [7, 11) is 0. The Balaban J connectivity index is 2.66. The van der Waals surface area contributed by atoms with Crippen molar-refractivity contribution < 1.29 is 14.0 Å². The Morgan fingerprint density at radius 2 is 2.21 bits per heavy atom. The number of hydrogen-bond acceptors (Lipinski definition) is 2. The first-order valence-corrected chi connectivity index (χ1v) is 4.66. The lowest BCUT2D eigenvalue weighted by Crippen LogP contribution is -2.45. The largest absolute Gasteiger partial charge is 0.354 e. The maximum absolute atomic E-state index is 13.3. The zero-order chi connectivity index (χ0) is 10.8. The van der Waals surface area contributed by atoms with Crippen LogP contribution >= 0.6 is 0 Å². The third-order valence-electron chi connectivity index (χ3n) is 2.06. The molecule has 0 radical (unpaired) electrons. The van der Waals surface area contributed by atoms with Crippen molar-refractivity contribution in [3.05, 3.63) is 0 Å². The molecule has 0 aromatic heterocycles. The van der Waals surface area contributed by atoms with Crippen molar-refractivity contribution in [2.75, 3.05) is 19.6 Å². The molecule has 1 saturated heterocycles. The summed E-state index contributed by atoms with van der Waals surface area (Å²) in [6.45, 7) is 3.36. The Bertz CT molecular complexity index is 248. The van der Waals surface area contributed by atoms with Gasteiger partial charge in [-0.15, -0.1) is 0 Å². The predicted molar refractivity (Wildman–Crippen MR) is 49.4 cm³/mol. The fourth-order valence-corrected chi connectivity index (χ4v) is 1.36. The average molecular weight is 202 g/mol. The van der Waals surface area contributed by atoms with Crippen LogP contribution in [0.1, 0.15) is 20.3 Å². The van der Waals surface area contributed by atoms with Gasteiger partial charge in [0.05, 0.1) is 6.54 Å². The topological polar surface area (TPSA) is 49.4 Å². The highest BCUT2D eigenvalue weighted by Gasteiger charge is 2.33. The van der Waals surface area contributed by atoms with Crippen molar-refractivity contribution in [2.45, 2.75) is 25.9 Å². The molecule has 0 saturated carbocycles. The van der Waals surface area contributed by atoms with Crippen LogP contribution in [0.4, 0.5) is 4.39 Å². The summed E-state index contributed by atoms with van der Waals surface area (Å²) in [4.78, 5) is 23.9. The van der Waals surface area contributed by atoms with Crippen molar-refractivity contribution in [1.29, 1.82) is 0 Å². The van der Waals surface area contributed by atoms with Crippen LogP contribution in [-0.4, -0.2) is 42.0 Å². The molecule has 0 bridgehead atoms. The van der Waals surface area contributed by atoms with Gasteiger partial charge in [0.2, 0.25) is 5.91 Å².